The summed E-state index contributed by atoms with van der Waals surface area (Å²) in [4.78, 5) is -0.137. The third-order valence-electron chi connectivity index (χ3n) is 3.40. The Morgan fingerprint density at radius 1 is 1.29 bits per heavy atom. The van der Waals surface area contributed by atoms with E-state index in [4.69, 9.17) is 0 Å². The highest BCUT2D eigenvalue weighted by atomic mass is 32.2. The van der Waals surface area contributed by atoms with Gasteiger partial charge in [-0.3, -0.25) is 0 Å². The van der Waals surface area contributed by atoms with Crippen LogP contribution in [0.5, 0.6) is 0 Å². The number of rotatable bonds is 4. The van der Waals surface area contributed by atoms with E-state index in [1.165, 1.54) is 0 Å². The van der Waals surface area contributed by atoms with Crippen LogP contribution >= 0.6 is 0 Å². The second kappa shape index (κ2) is 5.64. The van der Waals surface area contributed by atoms with Crippen LogP contribution in [-0.2, 0) is 19.9 Å². The lowest BCUT2D eigenvalue weighted by atomic mass is 10.2. The number of aliphatic hydroxyl groups is 1. The highest BCUT2D eigenvalue weighted by Crippen LogP contribution is 2.25. The largest absolute Gasteiger partial charge is 0.390 e. The average Bonchev–Trinajstić information content (AvgIpc) is 2.64. The molecule has 1 aromatic carbocycles. The number of sulfone groups is 1. The summed E-state index contributed by atoms with van der Waals surface area (Å²) in [6.45, 7) is 1.57. The van der Waals surface area contributed by atoms with Gasteiger partial charge < -0.3 is 5.11 Å². The lowest BCUT2D eigenvalue weighted by Gasteiger charge is -2.28. The van der Waals surface area contributed by atoms with Crippen LogP contribution < -0.4 is 0 Å². The number of hydrogen-bond acceptors (Lipinski definition) is 5. The Kier molecular flexibility index (Phi) is 4.39. The first-order chi connectivity index (χ1) is 9.67. The summed E-state index contributed by atoms with van der Waals surface area (Å²) in [5, 5.41) is 9.84. The molecule has 1 N–H and O–H groups in total. The first-order valence-corrected chi connectivity index (χ1v) is 9.59. The normalized spacial score (nSPS) is 25.3. The van der Waals surface area contributed by atoms with Crippen molar-refractivity contribution in [3.8, 4) is 0 Å². The summed E-state index contributed by atoms with van der Waals surface area (Å²) >= 11 is 0. The molecular weight excluding hydrogens is 321 g/mol. The number of aliphatic hydroxyl groups excluding tert-OH is 1. The number of nitrogens with zero attached hydrogens (tertiary/aromatic N) is 1. The van der Waals surface area contributed by atoms with Crippen LogP contribution in [0.4, 0.5) is 4.39 Å². The van der Waals surface area contributed by atoms with Crippen LogP contribution in [0.25, 0.3) is 0 Å². The molecule has 0 unspecified atom stereocenters. The Labute approximate surface area is 123 Å². The van der Waals surface area contributed by atoms with Gasteiger partial charge in [-0.1, -0.05) is 6.92 Å². The Morgan fingerprint density at radius 3 is 2.29 bits per heavy atom. The van der Waals surface area contributed by atoms with E-state index >= 15 is 0 Å². The van der Waals surface area contributed by atoms with Gasteiger partial charge in [-0.25, -0.2) is 21.2 Å². The zero-order chi connectivity index (χ0) is 15.8. The van der Waals surface area contributed by atoms with Crippen molar-refractivity contribution in [1.82, 2.24) is 4.31 Å². The van der Waals surface area contributed by atoms with E-state index in [0.29, 0.717) is 0 Å². The number of benzene rings is 1. The van der Waals surface area contributed by atoms with Crippen LogP contribution in [0, 0.1) is 5.82 Å². The summed E-state index contributed by atoms with van der Waals surface area (Å²) in [5.41, 5.74) is 0. The van der Waals surface area contributed by atoms with Crippen molar-refractivity contribution < 1.29 is 26.3 Å². The summed E-state index contributed by atoms with van der Waals surface area (Å²) in [7, 11) is -7.46. The number of hydrogen-bond donors (Lipinski definition) is 1. The van der Waals surface area contributed by atoms with Crippen molar-refractivity contribution in [3.63, 3.8) is 0 Å². The monoisotopic (exact) mass is 337 g/mol. The fourth-order valence-corrected chi connectivity index (χ4v) is 5.97. The van der Waals surface area contributed by atoms with Gasteiger partial charge in [0.2, 0.25) is 10.0 Å². The van der Waals surface area contributed by atoms with Crippen LogP contribution in [0.3, 0.4) is 0 Å². The van der Waals surface area contributed by atoms with Gasteiger partial charge in [-0.15, -0.1) is 0 Å². The molecule has 1 aliphatic heterocycles. The third kappa shape index (κ3) is 3.25. The Balaban J connectivity index is 2.39. The maximum absolute atomic E-state index is 12.9. The van der Waals surface area contributed by atoms with Crippen molar-refractivity contribution in [2.75, 3.05) is 18.1 Å². The lowest BCUT2D eigenvalue weighted by molar-refractivity contribution is 0.130. The van der Waals surface area contributed by atoms with Gasteiger partial charge in [-0.2, -0.15) is 4.31 Å². The molecule has 1 aromatic rings. The molecule has 0 aliphatic carbocycles. The van der Waals surface area contributed by atoms with E-state index in [0.717, 1.165) is 28.6 Å². The van der Waals surface area contributed by atoms with Crippen molar-refractivity contribution in [2.24, 2.45) is 0 Å². The van der Waals surface area contributed by atoms with E-state index in [9.17, 15) is 26.3 Å². The van der Waals surface area contributed by atoms with Gasteiger partial charge in [0, 0.05) is 6.54 Å². The summed E-state index contributed by atoms with van der Waals surface area (Å²) < 4.78 is 62.0. The number of sulfonamides is 1. The highest BCUT2D eigenvalue weighted by Gasteiger charge is 2.44. The first-order valence-electron chi connectivity index (χ1n) is 6.33. The maximum Gasteiger partial charge on any atom is 0.243 e. The first kappa shape index (κ1) is 16.3. The van der Waals surface area contributed by atoms with Crippen molar-refractivity contribution in [1.29, 1.82) is 0 Å². The zero-order valence-electron chi connectivity index (χ0n) is 11.3. The van der Waals surface area contributed by atoms with E-state index < -0.39 is 49.3 Å². The van der Waals surface area contributed by atoms with Gasteiger partial charge in [0.1, 0.15) is 5.82 Å². The average molecular weight is 337 g/mol. The summed E-state index contributed by atoms with van der Waals surface area (Å²) in [6, 6.07) is 3.24. The lowest BCUT2D eigenvalue weighted by Crippen LogP contribution is -2.46. The predicted octanol–water partition coefficient (Wildman–Crippen LogP) is -0.00580. The Hall–Kier alpha value is -1.03. The molecule has 0 aromatic heterocycles. The summed E-state index contributed by atoms with van der Waals surface area (Å²) in [5.74, 6) is -1.43. The van der Waals surface area contributed by atoms with Gasteiger partial charge in [-0.05, 0) is 24.3 Å². The SMILES string of the molecule is CCN([C@H]1CS(=O)(=O)C[C@@H]1O)S(=O)(=O)c1ccc(F)cc1. The summed E-state index contributed by atoms with van der Waals surface area (Å²) in [6.07, 6.45) is -1.26. The van der Waals surface area contributed by atoms with Crippen molar-refractivity contribution in [2.45, 2.75) is 24.0 Å². The third-order valence-corrected chi connectivity index (χ3v) is 7.11. The van der Waals surface area contributed by atoms with Gasteiger partial charge in [0.15, 0.2) is 9.84 Å². The smallest absolute Gasteiger partial charge is 0.243 e. The van der Waals surface area contributed by atoms with Crippen LogP contribution in [0.1, 0.15) is 6.92 Å². The molecule has 1 fully saturated rings. The molecular formula is C12H16FNO5S2. The molecule has 0 amide bonds. The minimum atomic E-state index is -3.99. The Bertz CT molecular complexity index is 715. The van der Waals surface area contributed by atoms with Crippen LogP contribution in [0.2, 0.25) is 0 Å². The molecule has 1 saturated heterocycles. The van der Waals surface area contributed by atoms with Crippen LogP contribution in [0.15, 0.2) is 29.2 Å². The minimum Gasteiger partial charge on any atom is -0.390 e. The van der Waals surface area contributed by atoms with Crippen LogP contribution in [-0.4, -0.2) is 56.4 Å². The molecule has 21 heavy (non-hydrogen) atoms. The molecule has 0 radical (unpaired) electrons. The number of halogens is 1. The molecule has 0 saturated carbocycles. The molecule has 2 atom stereocenters. The highest BCUT2D eigenvalue weighted by molar-refractivity contribution is 7.92. The molecule has 1 aliphatic rings. The topological polar surface area (TPSA) is 91.8 Å². The predicted molar refractivity (Wildman–Crippen MR) is 74.4 cm³/mol. The minimum absolute atomic E-state index is 0.0109. The second-order valence-corrected chi connectivity index (χ2v) is 8.92. The quantitative estimate of drug-likeness (QED) is 0.835. The second-order valence-electron chi connectivity index (χ2n) is 4.87. The van der Waals surface area contributed by atoms with E-state index in [1.54, 1.807) is 6.92 Å². The van der Waals surface area contributed by atoms with E-state index in [-0.39, 0.29) is 11.4 Å². The van der Waals surface area contributed by atoms with E-state index in [2.05, 4.69) is 0 Å². The molecule has 6 nitrogen and oxygen atoms in total. The molecule has 0 spiro atoms. The van der Waals surface area contributed by atoms with E-state index in [1.807, 2.05) is 0 Å². The van der Waals surface area contributed by atoms with Gasteiger partial charge in [0.05, 0.1) is 28.5 Å². The Morgan fingerprint density at radius 2 is 1.86 bits per heavy atom. The maximum atomic E-state index is 12.9. The fraction of sp³-hybridized carbons (Fsp3) is 0.500. The molecule has 2 rings (SSSR count). The van der Waals surface area contributed by atoms with Gasteiger partial charge >= 0.3 is 0 Å². The molecule has 9 heteroatoms. The molecule has 1 heterocycles. The van der Waals surface area contributed by atoms with Crippen molar-refractivity contribution >= 4 is 19.9 Å². The fourth-order valence-electron chi connectivity index (χ4n) is 2.41. The number of likely N-dealkylation sites (N-methyl/N-ethyl adjacent to an activating group) is 1. The standard InChI is InChI=1S/C12H16FNO5S2/c1-2-14(11-7-20(16,17)8-12(11)15)21(18,19)10-5-3-9(13)4-6-10/h3-6,11-12,15H,2,7-8H2,1H3/t11-,12-/m0/s1. The zero-order valence-corrected chi connectivity index (χ0v) is 12.9. The molecule has 118 valence electrons. The molecule has 0 bridgehead atoms. The van der Waals surface area contributed by atoms with Crippen molar-refractivity contribution in [3.05, 3.63) is 30.1 Å². The van der Waals surface area contributed by atoms with Gasteiger partial charge in [0.25, 0.3) is 0 Å².